The molecule has 0 aliphatic heterocycles. The zero-order chi connectivity index (χ0) is 20.1. The third-order valence-corrected chi connectivity index (χ3v) is 3.97. The summed E-state index contributed by atoms with van der Waals surface area (Å²) in [6.45, 7) is 0. The van der Waals surface area contributed by atoms with Gasteiger partial charge in [0.15, 0.2) is 0 Å². The summed E-state index contributed by atoms with van der Waals surface area (Å²) in [6, 6.07) is 6.41. The molecule has 0 bridgehead atoms. The topological polar surface area (TPSA) is 124 Å². The van der Waals surface area contributed by atoms with Crippen molar-refractivity contribution in [3.63, 3.8) is 0 Å². The second kappa shape index (κ2) is 8.35. The van der Waals surface area contributed by atoms with Crippen molar-refractivity contribution in [1.29, 1.82) is 0 Å². The molecule has 0 saturated heterocycles. The molecule has 3 rings (SSSR count). The van der Waals surface area contributed by atoms with Crippen molar-refractivity contribution in [3.05, 3.63) is 58.1 Å². The van der Waals surface area contributed by atoms with Gasteiger partial charge in [-0.15, -0.1) is 0 Å². The van der Waals surface area contributed by atoms with Crippen LogP contribution >= 0.6 is 11.6 Å². The number of methoxy groups -OCH3 is 2. The van der Waals surface area contributed by atoms with Gasteiger partial charge in [-0.25, -0.2) is 9.97 Å². The monoisotopic (exact) mass is 402 g/mol. The van der Waals surface area contributed by atoms with Gasteiger partial charge >= 0.3 is 5.69 Å². The van der Waals surface area contributed by atoms with E-state index in [1.165, 1.54) is 26.6 Å². The molecule has 0 aliphatic carbocycles. The van der Waals surface area contributed by atoms with E-state index in [2.05, 4.69) is 25.6 Å². The van der Waals surface area contributed by atoms with Gasteiger partial charge in [0.05, 0.1) is 29.9 Å². The lowest BCUT2D eigenvalue weighted by atomic mass is 10.2. The second-order valence-corrected chi connectivity index (χ2v) is 5.76. The molecule has 0 spiro atoms. The van der Waals surface area contributed by atoms with E-state index in [0.717, 1.165) is 0 Å². The third kappa shape index (κ3) is 4.01. The van der Waals surface area contributed by atoms with Crippen molar-refractivity contribution >= 4 is 40.3 Å². The predicted octanol–water partition coefficient (Wildman–Crippen LogP) is 3.94. The molecule has 2 heterocycles. The van der Waals surface area contributed by atoms with Crippen LogP contribution in [-0.4, -0.2) is 34.1 Å². The van der Waals surface area contributed by atoms with Crippen molar-refractivity contribution in [1.82, 2.24) is 15.0 Å². The van der Waals surface area contributed by atoms with Crippen molar-refractivity contribution in [3.8, 4) is 11.5 Å². The molecule has 2 aromatic heterocycles. The molecular weight excluding hydrogens is 388 g/mol. The maximum atomic E-state index is 11.7. The normalized spacial score (nSPS) is 10.2. The molecule has 11 heteroatoms. The highest BCUT2D eigenvalue weighted by Gasteiger charge is 2.24. The summed E-state index contributed by atoms with van der Waals surface area (Å²) in [5.74, 6) is 0.766. The van der Waals surface area contributed by atoms with Gasteiger partial charge in [-0.1, -0.05) is 11.6 Å². The minimum atomic E-state index is -0.580. The summed E-state index contributed by atoms with van der Waals surface area (Å²) in [4.78, 5) is 23.0. The number of anilines is 4. The summed E-state index contributed by atoms with van der Waals surface area (Å²) in [5, 5.41) is 17.8. The lowest BCUT2D eigenvalue weighted by molar-refractivity contribution is -0.383. The molecule has 28 heavy (non-hydrogen) atoms. The number of aromatic nitrogens is 3. The number of rotatable bonds is 7. The van der Waals surface area contributed by atoms with E-state index in [1.807, 2.05) is 0 Å². The molecular formula is C17H15ClN6O4. The fourth-order valence-electron chi connectivity index (χ4n) is 2.39. The Morgan fingerprint density at radius 1 is 1.04 bits per heavy atom. The average molecular weight is 403 g/mol. The van der Waals surface area contributed by atoms with Gasteiger partial charge in [0.25, 0.3) is 0 Å². The van der Waals surface area contributed by atoms with Gasteiger partial charge in [0.1, 0.15) is 17.8 Å². The van der Waals surface area contributed by atoms with Crippen LogP contribution in [0.4, 0.5) is 28.7 Å². The van der Waals surface area contributed by atoms with Crippen LogP contribution < -0.4 is 20.1 Å². The van der Waals surface area contributed by atoms with Gasteiger partial charge in [-0.3, -0.25) is 15.1 Å². The van der Waals surface area contributed by atoms with Gasteiger partial charge in [-0.05, 0) is 18.2 Å². The Balaban J connectivity index is 2.02. The van der Waals surface area contributed by atoms with E-state index in [9.17, 15) is 10.1 Å². The third-order valence-electron chi connectivity index (χ3n) is 3.67. The SMILES string of the molecule is COc1cc(OC)c(Nc2ncnc(Nc3ccncc3)c2[N+](=O)[O-])cc1Cl. The Labute approximate surface area is 164 Å². The number of nitrogens with zero attached hydrogens (tertiary/aromatic N) is 4. The lowest BCUT2D eigenvalue weighted by Crippen LogP contribution is -2.06. The zero-order valence-electron chi connectivity index (χ0n) is 14.8. The van der Waals surface area contributed by atoms with Gasteiger partial charge in [0.2, 0.25) is 11.6 Å². The molecule has 0 fully saturated rings. The molecule has 0 saturated carbocycles. The first-order chi connectivity index (χ1) is 13.5. The minimum Gasteiger partial charge on any atom is -0.495 e. The molecule has 144 valence electrons. The molecule has 10 nitrogen and oxygen atoms in total. The fourth-order valence-corrected chi connectivity index (χ4v) is 2.63. The maximum Gasteiger partial charge on any atom is 0.353 e. The largest absolute Gasteiger partial charge is 0.495 e. The highest BCUT2D eigenvalue weighted by molar-refractivity contribution is 6.32. The molecule has 2 N–H and O–H groups in total. The second-order valence-electron chi connectivity index (χ2n) is 5.35. The quantitative estimate of drug-likeness (QED) is 0.446. The lowest BCUT2D eigenvalue weighted by Gasteiger charge is -2.14. The zero-order valence-corrected chi connectivity index (χ0v) is 15.6. The number of pyridine rings is 1. The van der Waals surface area contributed by atoms with Crippen LogP contribution in [0.1, 0.15) is 0 Å². The van der Waals surface area contributed by atoms with Crippen molar-refractivity contribution in [2.24, 2.45) is 0 Å². The summed E-state index contributed by atoms with van der Waals surface area (Å²) in [6.07, 6.45) is 4.31. The standard InChI is InChI=1S/C17H15ClN6O4/c1-27-13-8-14(28-2)12(7-11(13)18)23-17-15(24(25)26)16(20-9-21-17)22-10-3-5-19-6-4-10/h3-9H,1-2H3,(H2,19,20,21,22,23). The Morgan fingerprint density at radius 3 is 2.29 bits per heavy atom. The summed E-state index contributed by atoms with van der Waals surface area (Å²) in [7, 11) is 2.93. The highest BCUT2D eigenvalue weighted by Crippen LogP contribution is 2.39. The fraction of sp³-hybridized carbons (Fsp3) is 0.118. The Morgan fingerprint density at radius 2 is 1.68 bits per heavy atom. The van der Waals surface area contributed by atoms with Crippen molar-refractivity contribution < 1.29 is 14.4 Å². The van der Waals surface area contributed by atoms with E-state index >= 15 is 0 Å². The number of benzene rings is 1. The molecule has 3 aromatic rings. The first kappa shape index (κ1) is 19.1. The molecule has 0 radical (unpaired) electrons. The molecule has 0 atom stereocenters. The van der Waals surface area contributed by atoms with E-state index in [1.54, 1.807) is 30.6 Å². The summed E-state index contributed by atoms with van der Waals surface area (Å²) < 4.78 is 10.5. The number of nitro groups is 1. The van der Waals surface area contributed by atoms with Crippen LogP contribution in [0.15, 0.2) is 43.0 Å². The van der Waals surface area contributed by atoms with Crippen LogP contribution in [0.2, 0.25) is 5.02 Å². The van der Waals surface area contributed by atoms with Gasteiger partial charge < -0.3 is 20.1 Å². The maximum absolute atomic E-state index is 11.7. The summed E-state index contributed by atoms with van der Waals surface area (Å²) >= 11 is 6.16. The average Bonchev–Trinajstić information content (AvgIpc) is 2.69. The van der Waals surface area contributed by atoms with Crippen molar-refractivity contribution in [2.45, 2.75) is 0 Å². The Bertz CT molecular complexity index is 1000. The predicted molar refractivity (Wildman–Crippen MR) is 104 cm³/mol. The van der Waals surface area contributed by atoms with Crippen LogP contribution in [0, 0.1) is 10.1 Å². The van der Waals surface area contributed by atoms with E-state index in [-0.39, 0.29) is 17.3 Å². The van der Waals surface area contributed by atoms with E-state index in [0.29, 0.717) is 27.9 Å². The van der Waals surface area contributed by atoms with Crippen LogP contribution in [-0.2, 0) is 0 Å². The first-order valence-corrected chi connectivity index (χ1v) is 8.26. The van der Waals surface area contributed by atoms with E-state index < -0.39 is 4.92 Å². The summed E-state index contributed by atoms with van der Waals surface area (Å²) in [5.41, 5.74) is 0.631. The number of nitrogens with one attached hydrogen (secondary N) is 2. The number of ether oxygens (including phenoxy) is 2. The van der Waals surface area contributed by atoms with Crippen LogP contribution in [0.25, 0.3) is 0 Å². The number of halogens is 1. The number of hydrogen-bond donors (Lipinski definition) is 2. The number of hydrogen-bond acceptors (Lipinski definition) is 9. The molecule has 0 amide bonds. The Hall–Kier alpha value is -3.66. The van der Waals surface area contributed by atoms with Crippen LogP contribution in [0.5, 0.6) is 11.5 Å². The first-order valence-electron chi connectivity index (χ1n) is 7.88. The highest BCUT2D eigenvalue weighted by atomic mass is 35.5. The molecule has 0 unspecified atom stereocenters. The smallest absolute Gasteiger partial charge is 0.353 e. The van der Waals surface area contributed by atoms with Crippen LogP contribution in [0.3, 0.4) is 0 Å². The van der Waals surface area contributed by atoms with E-state index in [4.69, 9.17) is 21.1 Å². The molecule has 1 aromatic carbocycles. The van der Waals surface area contributed by atoms with Gasteiger partial charge in [-0.2, -0.15) is 0 Å². The Kier molecular flexibility index (Phi) is 5.70. The van der Waals surface area contributed by atoms with Crippen molar-refractivity contribution in [2.75, 3.05) is 24.9 Å². The van der Waals surface area contributed by atoms with Gasteiger partial charge in [0, 0.05) is 24.1 Å². The minimum absolute atomic E-state index is 0.0206. The molecule has 0 aliphatic rings.